The van der Waals surface area contributed by atoms with E-state index in [0.29, 0.717) is 24.7 Å². The molecule has 1 aliphatic heterocycles. The molecule has 1 aliphatic rings. The van der Waals surface area contributed by atoms with E-state index in [2.05, 4.69) is 4.90 Å². The molecule has 2 N–H and O–H groups in total. The van der Waals surface area contributed by atoms with Crippen LogP contribution in [0.2, 0.25) is 5.02 Å². The van der Waals surface area contributed by atoms with Gasteiger partial charge < -0.3 is 20.3 Å². The number of amides is 1. The lowest BCUT2D eigenvalue weighted by Gasteiger charge is -2.27. The minimum Gasteiger partial charge on any atom is -0.444 e. The van der Waals surface area contributed by atoms with Gasteiger partial charge in [-0.05, 0) is 39.3 Å². The van der Waals surface area contributed by atoms with Crippen LogP contribution >= 0.6 is 11.6 Å². The van der Waals surface area contributed by atoms with E-state index in [-0.39, 0.29) is 6.09 Å². The smallest absolute Gasteiger partial charge is 0.410 e. The highest BCUT2D eigenvalue weighted by Crippen LogP contribution is 2.28. The van der Waals surface area contributed by atoms with E-state index in [4.69, 9.17) is 22.1 Å². The van der Waals surface area contributed by atoms with Crippen LogP contribution in [0, 0.1) is 0 Å². The summed E-state index contributed by atoms with van der Waals surface area (Å²) < 4.78 is 5.47. The van der Waals surface area contributed by atoms with E-state index in [9.17, 15) is 4.79 Å². The molecule has 23 heavy (non-hydrogen) atoms. The number of nitrogens with two attached hydrogens (primary N) is 1. The van der Waals surface area contributed by atoms with E-state index < -0.39 is 5.60 Å². The number of anilines is 1. The zero-order valence-corrected chi connectivity index (χ0v) is 14.9. The monoisotopic (exact) mass is 339 g/mol. The second kappa shape index (κ2) is 7.41. The van der Waals surface area contributed by atoms with E-state index in [0.717, 1.165) is 30.8 Å². The Morgan fingerprint density at radius 3 is 2.65 bits per heavy atom. The largest absolute Gasteiger partial charge is 0.444 e. The highest BCUT2D eigenvalue weighted by Gasteiger charge is 2.25. The van der Waals surface area contributed by atoms with Gasteiger partial charge >= 0.3 is 6.09 Å². The Kier molecular flexibility index (Phi) is 5.76. The minimum atomic E-state index is -0.469. The number of hydrogen-bond acceptors (Lipinski definition) is 4. The first-order valence-electron chi connectivity index (χ1n) is 8.02. The number of benzene rings is 1. The van der Waals surface area contributed by atoms with E-state index in [1.54, 1.807) is 4.90 Å². The van der Waals surface area contributed by atoms with Gasteiger partial charge in [0.1, 0.15) is 5.60 Å². The summed E-state index contributed by atoms with van der Waals surface area (Å²) in [5.74, 6) is 0. The molecule has 1 fully saturated rings. The highest BCUT2D eigenvalue weighted by molar-refractivity contribution is 6.31. The molecule has 1 heterocycles. The molecule has 0 saturated carbocycles. The Hall–Kier alpha value is -1.46. The molecule has 6 heteroatoms. The fourth-order valence-electron chi connectivity index (χ4n) is 2.71. The van der Waals surface area contributed by atoms with E-state index in [1.807, 2.05) is 39.0 Å². The fraction of sp³-hybridized carbons (Fsp3) is 0.588. The number of rotatable bonds is 2. The van der Waals surface area contributed by atoms with Gasteiger partial charge in [0.15, 0.2) is 0 Å². The molecule has 0 aromatic heterocycles. The third-order valence-corrected chi connectivity index (χ3v) is 4.14. The highest BCUT2D eigenvalue weighted by atomic mass is 35.5. The van der Waals surface area contributed by atoms with Crippen molar-refractivity contribution in [1.29, 1.82) is 0 Å². The van der Waals surface area contributed by atoms with Gasteiger partial charge in [-0.25, -0.2) is 4.79 Å². The molecule has 2 rings (SSSR count). The minimum absolute atomic E-state index is 0.246. The Balaban J connectivity index is 2.07. The number of ether oxygens (including phenoxy) is 1. The topological polar surface area (TPSA) is 58.8 Å². The van der Waals surface area contributed by atoms with Crippen molar-refractivity contribution in [2.45, 2.75) is 39.3 Å². The summed E-state index contributed by atoms with van der Waals surface area (Å²) in [6.45, 7) is 8.99. The molecular formula is C17H26ClN3O2. The lowest BCUT2D eigenvalue weighted by atomic mass is 10.1. The first kappa shape index (κ1) is 17.9. The van der Waals surface area contributed by atoms with E-state index >= 15 is 0 Å². The maximum Gasteiger partial charge on any atom is 0.410 e. The second-order valence-corrected chi connectivity index (χ2v) is 7.16. The molecule has 0 unspecified atom stereocenters. The van der Waals surface area contributed by atoms with Crippen molar-refractivity contribution in [3.8, 4) is 0 Å². The quantitative estimate of drug-likeness (QED) is 0.898. The Labute approximate surface area is 143 Å². The van der Waals surface area contributed by atoms with Crippen LogP contribution in [0.4, 0.5) is 10.5 Å². The van der Waals surface area contributed by atoms with Gasteiger partial charge in [0, 0.05) is 49.0 Å². The molecule has 0 atom stereocenters. The van der Waals surface area contributed by atoms with Gasteiger partial charge in [0.05, 0.1) is 0 Å². The number of nitrogens with zero attached hydrogens (tertiary/aromatic N) is 2. The zero-order chi connectivity index (χ0) is 17.0. The summed E-state index contributed by atoms with van der Waals surface area (Å²) >= 11 is 6.25. The average molecular weight is 340 g/mol. The molecule has 0 radical (unpaired) electrons. The normalized spacial score (nSPS) is 16.2. The Morgan fingerprint density at radius 2 is 2.00 bits per heavy atom. The lowest BCUT2D eigenvalue weighted by molar-refractivity contribution is 0.0263. The summed E-state index contributed by atoms with van der Waals surface area (Å²) in [6.07, 6.45) is 0.639. The molecule has 0 bridgehead atoms. The molecule has 1 amide bonds. The number of halogens is 1. The van der Waals surface area contributed by atoms with Crippen molar-refractivity contribution in [3.05, 3.63) is 28.8 Å². The summed E-state index contributed by atoms with van der Waals surface area (Å²) in [7, 11) is 0. The average Bonchev–Trinajstić information content (AvgIpc) is 2.71. The Bertz CT molecular complexity index is 557. The van der Waals surface area contributed by atoms with Crippen LogP contribution in [-0.4, -0.2) is 42.8 Å². The third kappa shape index (κ3) is 4.75. The van der Waals surface area contributed by atoms with Crippen molar-refractivity contribution >= 4 is 23.4 Å². The van der Waals surface area contributed by atoms with Crippen molar-refractivity contribution in [2.24, 2.45) is 5.73 Å². The molecule has 1 saturated heterocycles. The number of carbonyl (C=O) groups is 1. The maximum absolute atomic E-state index is 12.2. The maximum atomic E-state index is 12.2. The fourth-order valence-corrected chi connectivity index (χ4v) is 2.96. The van der Waals surface area contributed by atoms with Crippen LogP contribution in [0.15, 0.2) is 18.2 Å². The SMILES string of the molecule is CC(C)(C)OC(=O)N1CCCN(c2cccc(Cl)c2CN)CC1. The predicted molar refractivity (Wildman–Crippen MR) is 94.0 cm³/mol. The van der Waals surface area contributed by atoms with Gasteiger partial charge in [-0.2, -0.15) is 0 Å². The van der Waals surface area contributed by atoms with Crippen molar-refractivity contribution < 1.29 is 9.53 Å². The molecule has 0 spiro atoms. The molecule has 128 valence electrons. The van der Waals surface area contributed by atoms with Crippen LogP contribution in [0.5, 0.6) is 0 Å². The number of hydrogen-bond donors (Lipinski definition) is 1. The predicted octanol–water partition coefficient (Wildman–Crippen LogP) is 3.25. The lowest BCUT2D eigenvalue weighted by Crippen LogP contribution is -2.39. The first-order valence-corrected chi connectivity index (χ1v) is 8.40. The van der Waals surface area contributed by atoms with Gasteiger partial charge in [-0.15, -0.1) is 0 Å². The van der Waals surface area contributed by atoms with Crippen molar-refractivity contribution in [2.75, 3.05) is 31.1 Å². The summed E-state index contributed by atoms with van der Waals surface area (Å²) in [4.78, 5) is 16.3. The van der Waals surface area contributed by atoms with E-state index in [1.165, 1.54) is 0 Å². The molecule has 1 aromatic rings. The van der Waals surface area contributed by atoms with Crippen LogP contribution in [0.25, 0.3) is 0 Å². The van der Waals surface area contributed by atoms with Crippen molar-refractivity contribution in [1.82, 2.24) is 4.90 Å². The van der Waals surface area contributed by atoms with Gasteiger partial charge in [0.2, 0.25) is 0 Å². The first-order chi connectivity index (χ1) is 10.8. The summed E-state index contributed by atoms with van der Waals surface area (Å²) in [6, 6.07) is 5.84. The second-order valence-electron chi connectivity index (χ2n) is 6.75. The molecular weight excluding hydrogens is 314 g/mol. The van der Waals surface area contributed by atoms with Crippen LogP contribution in [0.1, 0.15) is 32.8 Å². The van der Waals surface area contributed by atoms with Gasteiger partial charge in [-0.3, -0.25) is 0 Å². The zero-order valence-electron chi connectivity index (χ0n) is 14.1. The molecule has 5 nitrogen and oxygen atoms in total. The van der Waals surface area contributed by atoms with Crippen LogP contribution < -0.4 is 10.6 Å². The summed E-state index contributed by atoms with van der Waals surface area (Å²) in [5, 5.41) is 0.693. The number of carbonyl (C=O) groups excluding carboxylic acids is 1. The Morgan fingerprint density at radius 1 is 1.26 bits per heavy atom. The van der Waals surface area contributed by atoms with Crippen LogP contribution in [-0.2, 0) is 11.3 Å². The van der Waals surface area contributed by atoms with Crippen LogP contribution in [0.3, 0.4) is 0 Å². The molecule has 1 aromatic carbocycles. The van der Waals surface area contributed by atoms with Crippen molar-refractivity contribution in [3.63, 3.8) is 0 Å². The summed E-state index contributed by atoms with van der Waals surface area (Å²) in [5.41, 5.74) is 7.40. The standard InChI is InChI=1S/C17H26ClN3O2/c1-17(2,3)23-16(22)21-9-5-8-20(10-11-21)15-7-4-6-14(18)13(15)12-19/h4,6-7H,5,8-12,19H2,1-3H3. The third-order valence-electron chi connectivity index (χ3n) is 3.79. The van der Waals surface area contributed by atoms with Gasteiger partial charge in [0.25, 0.3) is 0 Å². The molecule has 0 aliphatic carbocycles. The van der Waals surface area contributed by atoms with Gasteiger partial charge in [-0.1, -0.05) is 17.7 Å².